The van der Waals surface area contributed by atoms with Crippen LogP contribution in [0.3, 0.4) is 0 Å². The highest BCUT2D eigenvalue weighted by atomic mass is 16.5. The molecule has 0 aromatic heterocycles. The van der Waals surface area contributed by atoms with Crippen LogP contribution in [-0.4, -0.2) is 63.6 Å². The molecule has 1 heterocycles. The lowest BCUT2D eigenvalue weighted by molar-refractivity contribution is -0.141. The Morgan fingerprint density at radius 1 is 1.07 bits per heavy atom. The van der Waals surface area contributed by atoms with Gasteiger partial charge in [0.25, 0.3) is 5.91 Å². The maximum atomic E-state index is 12.5. The Morgan fingerprint density at radius 2 is 1.76 bits per heavy atom. The van der Waals surface area contributed by atoms with Crippen molar-refractivity contribution < 1.29 is 28.6 Å². The molecule has 2 rings (SSSR count). The third-order valence-corrected chi connectivity index (χ3v) is 5.04. The first-order valence-corrected chi connectivity index (χ1v) is 9.82. The fourth-order valence-corrected chi connectivity index (χ4v) is 3.38. The molecule has 0 spiro atoms. The minimum atomic E-state index is -0.300. The third kappa shape index (κ3) is 6.96. The molecule has 1 aromatic carbocycles. The Morgan fingerprint density at radius 3 is 2.38 bits per heavy atom. The van der Waals surface area contributed by atoms with Gasteiger partial charge in [-0.05, 0) is 37.3 Å². The smallest absolute Gasteiger partial charge is 0.305 e. The average molecular weight is 406 g/mol. The molecule has 8 nitrogen and oxygen atoms in total. The molecule has 0 bridgehead atoms. The van der Waals surface area contributed by atoms with E-state index in [4.69, 9.17) is 9.47 Å². The quantitative estimate of drug-likeness (QED) is 0.631. The largest absolute Gasteiger partial charge is 0.497 e. The summed E-state index contributed by atoms with van der Waals surface area (Å²) in [5.74, 6) is 0.842. The van der Waals surface area contributed by atoms with Crippen LogP contribution in [-0.2, 0) is 14.3 Å². The maximum absolute atomic E-state index is 12.5. The molecule has 1 aliphatic rings. The van der Waals surface area contributed by atoms with E-state index in [1.54, 1.807) is 18.2 Å². The molecule has 1 aromatic rings. The SMILES string of the molecule is COC(=O)CCCC(=O)N1CCC[C@H](CNC(=O)c2cc(OC)cc(OC)c2)C1. The van der Waals surface area contributed by atoms with Crippen molar-refractivity contribution in [2.45, 2.75) is 32.1 Å². The molecule has 0 aliphatic carbocycles. The molecule has 2 amide bonds. The number of nitrogens with one attached hydrogen (secondary N) is 1. The molecule has 1 aliphatic heterocycles. The Bertz CT molecular complexity index is 699. The zero-order valence-corrected chi connectivity index (χ0v) is 17.4. The van der Waals surface area contributed by atoms with Gasteiger partial charge in [-0.2, -0.15) is 0 Å². The summed E-state index contributed by atoms with van der Waals surface area (Å²) in [4.78, 5) is 37.9. The maximum Gasteiger partial charge on any atom is 0.305 e. The van der Waals surface area contributed by atoms with Crippen molar-refractivity contribution in [1.82, 2.24) is 10.2 Å². The van der Waals surface area contributed by atoms with Crippen LogP contribution in [0.1, 0.15) is 42.5 Å². The van der Waals surface area contributed by atoms with Crippen LogP contribution in [0.25, 0.3) is 0 Å². The minimum absolute atomic E-state index is 0.0439. The Balaban J connectivity index is 1.83. The topological polar surface area (TPSA) is 94.2 Å². The number of ether oxygens (including phenoxy) is 3. The highest BCUT2D eigenvalue weighted by molar-refractivity contribution is 5.95. The first-order valence-electron chi connectivity index (χ1n) is 9.82. The van der Waals surface area contributed by atoms with Crippen molar-refractivity contribution in [3.63, 3.8) is 0 Å². The van der Waals surface area contributed by atoms with E-state index in [0.29, 0.717) is 49.5 Å². The standard InChI is InChI=1S/C21H30N2O6/c1-27-17-10-16(11-18(12-17)28-2)21(26)22-13-15-6-5-9-23(14-15)19(24)7-4-8-20(25)29-3/h10-12,15H,4-9,13-14H2,1-3H3,(H,22,26)/t15-/m1/s1. The number of rotatable bonds is 9. The normalized spacial score (nSPS) is 16.1. The highest BCUT2D eigenvalue weighted by Gasteiger charge is 2.24. The lowest BCUT2D eigenvalue weighted by Crippen LogP contribution is -2.43. The van der Waals surface area contributed by atoms with Gasteiger partial charge in [0.05, 0.1) is 21.3 Å². The van der Waals surface area contributed by atoms with E-state index >= 15 is 0 Å². The number of carbonyl (C=O) groups is 3. The van der Waals surface area contributed by atoms with E-state index in [1.165, 1.54) is 21.3 Å². The summed E-state index contributed by atoms with van der Waals surface area (Å²) in [7, 11) is 4.42. The number of benzene rings is 1. The Kier molecular flexibility index (Phi) is 8.76. The van der Waals surface area contributed by atoms with E-state index in [2.05, 4.69) is 10.1 Å². The summed E-state index contributed by atoms with van der Waals surface area (Å²) in [6.45, 7) is 1.82. The van der Waals surface area contributed by atoms with E-state index in [1.807, 2.05) is 4.90 Å². The summed E-state index contributed by atoms with van der Waals surface area (Å²) in [6, 6.07) is 5.04. The molecule has 1 atom stereocenters. The molecule has 0 unspecified atom stereocenters. The van der Waals surface area contributed by atoms with Crippen molar-refractivity contribution in [2.24, 2.45) is 5.92 Å². The van der Waals surface area contributed by atoms with Gasteiger partial charge in [0.15, 0.2) is 0 Å². The summed E-state index contributed by atoms with van der Waals surface area (Å²) >= 11 is 0. The van der Waals surface area contributed by atoms with Crippen LogP contribution in [0, 0.1) is 5.92 Å². The number of esters is 1. The fourth-order valence-electron chi connectivity index (χ4n) is 3.38. The summed E-state index contributed by atoms with van der Waals surface area (Å²) in [6.07, 6.45) is 2.92. The van der Waals surface area contributed by atoms with Crippen LogP contribution in [0.4, 0.5) is 0 Å². The van der Waals surface area contributed by atoms with Gasteiger partial charge in [0, 0.05) is 44.1 Å². The second kappa shape index (κ2) is 11.3. The van der Waals surface area contributed by atoms with Crippen molar-refractivity contribution in [3.8, 4) is 11.5 Å². The average Bonchev–Trinajstić information content (AvgIpc) is 2.76. The first kappa shape index (κ1) is 22.5. The molecule has 8 heteroatoms. The van der Waals surface area contributed by atoms with E-state index in [-0.39, 0.29) is 30.1 Å². The molecule has 160 valence electrons. The summed E-state index contributed by atoms with van der Waals surface area (Å²) in [5.41, 5.74) is 0.466. The van der Waals surface area contributed by atoms with Crippen molar-refractivity contribution in [2.75, 3.05) is 41.0 Å². The number of methoxy groups -OCH3 is 3. The molecule has 1 N–H and O–H groups in total. The van der Waals surface area contributed by atoms with Gasteiger partial charge < -0.3 is 24.4 Å². The zero-order chi connectivity index (χ0) is 21.2. The number of nitrogens with zero attached hydrogens (tertiary/aromatic N) is 1. The number of hydrogen-bond acceptors (Lipinski definition) is 6. The van der Waals surface area contributed by atoms with Gasteiger partial charge in [-0.15, -0.1) is 0 Å². The number of piperidine rings is 1. The van der Waals surface area contributed by atoms with Crippen molar-refractivity contribution in [3.05, 3.63) is 23.8 Å². The molecular formula is C21H30N2O6. The third-order valence-electron chi connectivity index (χ3n) is 5.04. The lowest BCUT2D eigenvalue weighted by Gasteiger charge is -2.33. The number of hydrogen-bond donors (Lipinski definition) is 1. The Labute approximate surface area is 171 Å². The van der Waals surface area contributed by atoms with Crippen molar-refractivity contribution in [1.29, 1.82) is 0 Å². The predicted molar refractivity (Wildman–Crippen MR) is 107 cm³/mol. The van der Waals surface area contributed by atoms with E-state index in [9.17, 15) is 14.4 Å². The molecule has 0 radical (unpaired) electrons. The molecule has 29 heavy (non-hydrogen) atoms. The summed E-state index contributed by atoms with van der Waals surface area (Å²) < 4.78 is 15.0. The van der Waals surface area contributed by atoms with E-state index < -0.39 is 0 Å². The second-order valence-corrected chi connectivity index (χ2v) is 7.09. The van der Waals surface area contributed by atoms with Crippen LogP contribution < -0.4 is 14.8 Å². The van der Waals surface area contributed by atoms with Gasteiger partial charge >= 0.3 is 5.97 Å². The molecule has 1 saturated heterocycles. The van der Waals surface area contributed by atoms with Gasteiger partial charge in [0.2, 0.25) is 5.91 Å². The van der Waals surface area contributed by atoms with Crippen molar-refractivity contribution >= 4 is 17.8 Å². The lowest BCUT2D eigenvalue weighted by atomic mass is 9.97. The Hall–Kier alpha value is -2.77. The predicted octanol–water partition coefficient (Wildman–Crippen LogP) is 2.02. The number of amides is 2. The van der Waals surface area contributed by atoms with Gasteiger partial charge in [-0.1, -0.05) is 0 Å². The van der Waals surface area contributed by atoms with Crippen LogP contribution in [0.5, 0.6) is 11.5 Å². The van der Waals surface area contributed by atoms with Crippen LogP contribution in [0.15, 0.2) is 18.2 Å². The second-order valence-electron chi connectivity index (χ2n) is 7.09. The summed E-state index contributed by atoms with van der Waals surface area (Å²) in [5, 5.41) is 2.95. The monoisotopic (exact) mass is 406 g/mol. The van der Waals surface area contributed by atoms with Crippen LogP contribution in [0.2, 0.25) is 0 Å². The van der Waals surface area contributed by atoms with Gasteiger partial charge in [-0.25, -0.2) is 0 Å². The minimum Gasteiger partial charge on any atom is -0.497 e. The molecule has 0 saturated carbocycles. The van der Waals surface area contributed by atoms with Gasteiger partial charge in [-0.3, -0.25) is 14.4 Å². The van der Waals surface area contributed by atoms with E-state index in [0.717, 1.165) is 12.8 Å². The number of carbonyl (C=O) groups excluding carboxylic acids is 3. The fraction of sp³-hybridized carbons (Fsp3) is 0.571. The highest BCUT2D eigenvalue weighted by Crippen LogP contribution is 2.23. The zero-order valence-electron chi connectivity index (χ0n) is 17.4. The number of likely N-dealkylation sites (tertiary alicyclic amines) is 1. The molecular weight excluding hydrogens is 376 g/mol. The van der Waals surface area contributed by atoms with Gasteiger partial charge in [0.1, 0.15) is 11.5 Å². The van der Waals surface area contributed by atoms with Crippen LogP contribution >= 0.6 is 0 Å². The first-order chi connectivity index (χ1) is 14.0. The molecule has 1 fully saturated rings.